The highest BCUT2D eigenvalue weighted by molar-refractivity contribution is 7.08. The van der Waals surface area contributed by atoms with E-state index in [4.69, 9.17) is 5.11 Å². The highest BCUT2D eigenvalue weighted by Gasteiger charge is 2.15. The van der Waals surface area contributed by atoms with Crippen LogP contribution in [0.15, 0.2) is 21.0 Å². The first-order valence-electron chi connectivity index (χ1n) is 3.75. The lowest BCUT2D eigenvalue weighted by molar-refractivity contribution is 0.0698. The number of hydrazone groups is 2. The van der Waals surface area contributed by atoms with Crippen molar-refractivity contribution in [1.29, 1.82) is 0 Å². The van der Waals surface area contributed by atoms with Crippen LogP contribution >= 0.6 is 11.3 Å². The zero-order valence-electron chi connectivity index (χ0n) is 7.54. The minimum Gasteiger partial charge on any atom is -0.478 e. The number of rotatable bonds is 4. The molecule has 1 heterocycles. The van der Waals surface area contributed by atoms with E-state index in [1.165, 1.54) is 28.0 Å². The van der Waals surface area contributed by atoms with Crippen LogP contribution in [0, 0.1) is 0 Å². The van der Waals surface area contributed by atoms with E-state index in [0.717, 1.165) is 0 Å². The minimum atomic E-state index is -0.999. The summed E-state index contributed by atoms with van der Waals surface area (Å²) in [6, 6.07) is 0. The lowest BCUT2D eigenvalue weighted by Crippen LogP contribution is -2.10. The molecule has 0 bridgehead atoms. The summed E-state index contributed by atoms with van der Waals surface area (Å²) in [5.41, 5.74) is 0.601. The van der Waals surface area contributed by atoms with E-state index in [2.05, 4.69) is 16.9 Å². The van der Waals surface area contributed by atoms with Gasteiger partial charge in [-0.25, -0.2) is 4.79 Å². The first-order valence-corrected chi connectivity index (χ1v) is 4.69. The average molecular weight is 211 g/mol. The molecule has 6 heteroatoms. The largest absolute Gasteiger partial charge is 0.478 e. The fourth-order valence-electron chi connectivity index (χ4n) is 0.889. The van der Waals surface area contributed by atoms with Crippen molar-refractivity contribution in [2.75, 3.05) is 5.12 Å². The maximum atomic E-state index is 10.8. The van der Waals surface area contributed by atoms with Crippen molar-refractivity contribution >= 4 is 35.9 Å². The van der Waals surface area contributed by atoms with Gasteiger partial charge in [0.25, 0.3) is 0 Å². The quantitative estimate of drug-likeness (QED) is 0.610. The Morgan fingerprint density at radius 2 is 2.43 bits per heavy atom. The standard InChI is InChI=1S/C8H9N3O2S/c1-3-10-11(9-2)7-5-14-4-6(7)8(12)13/h3-5H,2H2,1H3,(H,12,13)/b10-3-. The molecule has 74 valence electrons. The summed E-state index contributed by atoms with van der Waals surface area (Å²) < 4.78 is 0. The number of aromatic carboxylic acids is 1. The van der Waals surface area contributed by atoms with Crippen molar-refractivity contribution < 1.29 is 9.90 Å². The molecule has 0 amide bonds. The summed E-state index contributed by atoms with van der Waals surface area (Å²) in [4.78, 5) is 10.8. The van der Waals surface area contributed by atoms with Crippen LogP contribution in [0.2, 0.25) is 0 Å². The van der Waals surface area contributed by atoms with Gasteiger partial charge in [0.15, 0.2) is 0 Å². The first-order chi connectivity index (χ1) is 6.70. The molecule has 0 spiro atoms. The molecule has 14 heavy (non-hydrogen) atoms. The SMILES string of the molecule is C=NN(/N=C\C)c1cscc1C(=O)O. The summed E-state index contributed by atoms with van der Waals surface area (Å²) in [6.07, 6.45) is 1.51. The van der Waals surface area contributed by atoms with Gasteiger partial charge in [-0.1, -0.05) is 0 Å². The van der Waals surface area contributed by atoms with E-state index in [-0.39, 0.29) is 5.56 Å². The van der Waals surface area contributed by atoms with Crippen LogP contribution in [0.4, 0.5) is 5.69 Å². The zero-order chi connectivity index (χ0) is 10.6. The summed E-state index contributed by atoms with van der Waals surface area (Å²) in [6.45, 7) is 5.02. The smallest absolute Gasteiger partial charge is 0.338 e. The average Bonchev–Trinajstić information content (AvgIpc) is 2.62. The molecule has 0 aromatic carbocycles. The van der Waals surface area contributed by atoms with Crippen molar-refractivity contribution in [3.63, 3.8) is 0 Å². The molecule has 1 N–H and O–H groups in total. The molecule has 1 aromatic heterocycles. The number of nitrogens with zero attached hydrogens (tertiary/aromatic N) is 3. The van der Waals surface area contributed by atoms with E-state index >= 15 is 0 Å². The third kappa shape index (κ3) is 1.97. The molecule has 0 atom stereocenters. The Labute approximate surface area is 85.0 Å². The summed E-state index contributed by atoms with van der Waals surface area (Å²) in [7, 11) is 0. The molecule has 5 nitrogen and oxygen atoms in total. The van der Waals surface area contributed by atoms with Crippen LogP contribution in [-0.4, -0.2) is 24.0 Å². The van der Waals surface area contributed by atoms with E-state index in [1.54, 1.807) is 12.3 Å². The lowest BCUT2D eigenvalue weighted by atomic mass is 10.3. The van der Waals surface area contributed by atoms with E-state index < -0.39 is 5.97 Å². The van der Waals surface area contributed by atoms with Crippen molar-refractivity contribution in [2.24, 2.45) is 10.2 Å². The first kappa shape index (κ1) is 10.4. The predicted molar refractivity (Wildman–Crippen MR) is 57.5 cm³/mol. The molecular formula is C8H9N3O2S. The molecule has 0 radical (unpaired) electrons. The number of carboxylic acid groups (broad SMARTS) is 1. The third-order valence-corrected chi connectivity index (χ3v) is 2.18. The van der Waals surface area contributed by atoms with Gasteiger partial charge in [0, 0.05) is 23.7 Å². The van der Waals surface area contributed by atoms with Crippen LogP contribution < -0.4 is 5.12 Å². The van der Waals surface area contributed by atoms with Gasteiger partial charge in [0.1, 0.15) is 5.69 Å². The van der Waals surface area contributed by atoms with Crippen molar-refractivity contribution in [1.82, 2.24) is 0 Å². The number of carboxylic acids is 1. The second kappa shape index (κ2) is 4.52. The van der Waals surface area contributed by atoms with Crippen molar-refractivity contribution in [3.05, 3.63) is 16.3 Å². The van der Waals surface area contributed by atoms with Gasteiger partial charge in [-0.3, -0.25) is 0 Å². The van der Waals surface area contributed by atoms with Crippen molar-refractivity contribution in [2.45, 2.75) is 6.92 Å². The molecule has 0 saturated carbocycles. The number of hydrogen-bond acceptors (Lipinski definition) is 5. The molecule has 1 rings (SSSR count). The topological polar surface area (TPSA) is 65.3 Å². The van der Waals surface area contributed by atoms with Gasteiger partial charge in [-0.05, 0) is 6.92 Å². The minimum absolute atomic E-state index is 0.174. The Bertz CT molecular complexity index is 372. The summed E-state index contributed by atoms with van der Waals surface area (Å²) >= 11 is 1.28. The maximum absolute atomic E-state index is 10.8. The van der Waals surface area contributed by atoms with Crippen LogP contribution in [0.5, 0.6) is 0 Å². The maximum Gasteiger partial charge on any atom is 0.338 e. The fourth-order valence-corrected chi connectivity index (χ4v) is 1.67. The van der Waals surface area contributed by atoms with E-state index in [1.807, 2.05) is 0 Å². The normalized spacial score (nSPS) is 10.4. The van der Waals surface area contributed by atoms with Gasteiger partial charge in [-0.15, -0.1) is 11.3 Å². The van der Waals surface area contributed by atoms with Crippen LogP contribution in [0.25, 0.3) is 0 Å². The van der Waals surface area contributed by atoms with Crippen LogP contribution in [0.3, 0.4) is 0 Å². The third-order valence-electron chi connectivity index (χ3n) is 1.45. The molecular weight excluding hydrogens is 202 g/mol. The van der Waals surface area contributed by atoms with Gasteiger partial charge in [0.2, 0.25) is 0 Å². The second-order valence-electron chi connectivity index (χ2n) is 2.28. The van der Waals surface area contributed by atoms with Crippen molar-refractivity contribution in [3.8, 4) is 0 Å². The number of carbonyl (C=O) groups is 1. The molecule has 0 aliphatic heterocycles. The Morgan fingerprint density at radius 3 is 2.93 bits per heavy atom. The Kier molecular flexibility index (Phi) is 3.35. The lowest BCUT2D eigenvalue weighted by Gasteiger charge is -2.10. The summed E-state index contributed by atoms with van der Waals surface area (Å²) in [5.74, 6) is -0.999. The molecule has 1 aromatic rings. The zero-order valence-corrected chi connectivity index (χ0v) is 8.36. The highest BCUT2D eigenvalue weighted by Crippen LogP contribution is 2.25. The second-order valence-corrected chi connectivity index (χ2v) is 3.02. The predicted octanol–water partition coefficient (Wildman–Crippen LogP) is 1.87. The molecule has 0 aliphatic carbocycles. The summed E-state index contributed by atoms with van der Waals surface area (Å²) in [5, 5.41) is 20.6. The van der Waals surface area contributed by atoms with Crippen LogP contribution in [0.1, 0.15) is 17.3 Å². The Hall–Kier alpha value is -1.69. The monoisotopic (exact) mass is 211 g/mol. The van der Waals surface area contributed by atoms with Gasteiger partial charge in [-0.2, -0.15) is 15.3 Å². The number of anilines is 1. The Balaban J connectivity index is 3.09. The van der Waals surface area contributed by atoms with E-state index in [9.17, 15) is 4.79 Å². The molecule has 0 saturated heterocycles. The van der Waals surface area contributed by atoms with E-state index in [0.29, 0.717) is 5.69 Å². The fraction of sp³-hybridized carbons (Fsp3) is 0.125. The van der Waals surface area contributed by atoms with Gasteiger partial charge >= 0.3 is 5.97 Å². The number of hydrogen-bond donors (Lipinski definition) is 1. The molecule has 0 unspecified atom stereocenters. The Morgan fingerprint density at radius 1 is 1.71 bits per heavy atom. The molecule has 0 aliphatic rings. The van der Waals surface area contributed by atoms with Gasteiger partial charge in [0.05, 0.1) is 5.56 Å². The highest BCUT2D eigenvalue weighted by atomic mass is 32.1. The number of thiophene rings is 1. The van der Waals surface area contributed by atoms with Gasteiger partial charge < -0.3 is 5.11 Å². The van der Waals surface area contributed by atoms with Crippen LogP contribution in [-0.2, 0) is 0 Å². The molecule has 0 fully saturated rings.